The van der Waals surface area contributed by atoms with Crippen LogP contribution in [0.4, 0.5) is 0 Å². The van der Waals surface area contributed by atoms with Crippen LogP contribution in [-0.2, 0) is 131 Å². The van der Waals surface area contributed by atoms with Gasteiger partial charge in [-0.2, -0.15) is 67.3 Å². The number of nitrogens with zero attached hydrogens (tertiary/aromatic N) is 1. The summed E-state index contributed by atoms with van der Waals surface area (Å²) in [6.07, 6.45) is -26.0. The van der Waals surface area contributed by atoms with Gasteiger partial charge in [0.25, 0.3) is 0 Å². The highest BCUT2D eigenvalue weighted by atomic mass is 32.3. The van der Waals surface area contributed by atoms with Crippen LogP contribution in [0, 0.1) is 0 Å². The van der Waals surface area contributed by atoms with Gasteiger partial charge in [0.2, 0.25) is 5.79 Å². The van der Waals surface area contributed by atoms with Crippen molar-refractivity contribution in [2.45, 2.75) is 75.6 Å². The number of rotatable bonds is 24. The van der Waals surface area contributed by atoms with Crippen molar-refractivity contribution in [3.8, 4) is 0 Å². The molecular formula is C18H37NO35S8. The van der Waals surface area contributed by atoms with Crippen molar-refractivity contribution in [2.24, 2.45) is 0 Å². The molecule has 2 aliphatic heterocycles. The average Bonchev–Trinajstić information content (AvgIpc) is 3.28. The maximum absolute atomic E-state index is 11.9. The number of ether oxygens (including phenoxy) is 3. The highest BCUT2D eigenvalue weighted by molar-refractivity contribution is 7.82. The van der Waals surface area contributed by atoms with E-state index in [2.05, 4.69) is 59.1 Å². The summed E-state index contributed by atoms with van der Waals surface area (Å²) < 4.78 is 307. The van der Waals surface area contributed by atoms with Crippen LogP contribution >= 0.6 is 0 Å². The Hall–Kier alpha value is -1.20. The van der Waals surface area contributed by atoms with Gasteiger partial charge in [0.15, 0.2) is 18.5 Å². The largest absolute Gasteiger partial charge is 0.397 e. The monoisotopic (exact) mass is 1080 g/mol. The Morgan fingerprint density at radius 2 is 0.806 bits per heavy atom. The number of hydrogen-bond acceptors (Lipinski definition) is 28. The summed E-state index contributed by atoms with van der Waals surface area (Å²) >= 11 is 0. The fourth-order valence-electron chi connectivity index (χ4n) is 4.91. The van der Waals surface area contributed by atoms with Crippen LogP contribution in [0.2, 0.25) is 0 Å². The van der Waals surface area contributed by atoms with Crippen LogP contribution in [0.25, 0.3) is 0 Å². The van der Waals surface area contributed by atoms with Crippen molar-refractivity contribution in [3.05, 3.63) is 0 Å². The smallest absolute Gasteiger partial charge is 0.341 e. The SMILES string of the molecule is CCN(CC)CC.O=S(=O)(O)OC[C@H]1O[C@@](COS(=O)(=O)O)(O[C@H]2O[C@H](COS(=O)(=O)O)[C@@H](OS(=O)(=O)O)[C@H](OS(=O)(=O)O)[C@H]2OS(=O)(=O)O)[C@@H](OS(=O)(=O)O)[C@@H]1OS(=O)(=O)O. The second-order valence-electron chi connectivity index (χ2n) is 11.3. The summed E-state index contributed by atoms with van der Waals surface area (Å²) in [5, 5.41) is 0. The van der Waals surface area contributed by atoms with Crippen LogP contribution < -0.4 is 0 Å². The third kappa shape index (κ3) is 22.8. The lowest BCUT2D eigenvalue weighted by Crippen LogP contribution is -2.65. The average molecular weight is 1080 g/mol. The predicted molar refractivity (Wildman–Crippen MR) is 185 cm³/mol. The Morgan fingerprint density at radius 3 is 1.16 bits per heavy atom. The molecule has 372 valence electrons. The van der Waals surface area contributed by atoms with E-state index in [-0.39, 0.29) is 0 Å². The maximum Gasteiger partial charge on any atom is 0.397 e. The molecule has 0 amide bonds. The summed E-state index contributed by atoms with van der Waals surface area (Å²) in [5.74, 6) is -4.12. The molecule has 2 fully saturated rings. The predicted octanol–water partition coefficient (Wildman–Crippen LogP) is -5.43. The first-order chi connectivity index (χ1) is 27.5. The first kappa shape index (κ1) is 58.8. The van der Waals surface area contributed by atoms with Crippen molar-refractivity contribution >= 4 is 83.2 Å². The lowest BCUT2D eigenvalue weighted by atomic mass is 9.99. The van der Waals surface area contributed by atoms with Crippen LogP contribution in [0.1, 0.15) is 20.8 Å². The molecule has 0 unspecified atom stereocenters. The normalized spacial score (nSPS) is 28.4. The van der Waals surface area contributed by atoms with E-state index in [1.165, 1.54) is 19.6 Å². The van der Waals surface area contributed by atoms with Crippen LogP contribution in [0.15, 0.2) is 0 Å². The molecule has 0 spiro atoms. The van der Waals surface area contributed by atoms with E-state index in [4.69, 9.17) is 23.3 Å². The Bertz CT molecular complexity index is 2390. The van der Waals surface area contributed by atoms with Crippen molar-refractivity contribution in [1.29, 1.82) is 0 Å². The minimum Gasteiger partial charge on any atom is -0.341 e. The molecule has 0 aromatic rings. The molecule has 2 saturated heterocycles. The van der Waals surface area contributed by atoms with Crippen molar-refractivity contribution in [2.75, 3.05) is 39.5 Å². The second kappa shape index (κ2) is 22.1. The zero-order valence-electron chi connectivity index (χ0n) is 30.7. The van der Waals surface area contributed by atoms with Gasteiger partial charge in [-0.25, -0.2) is 33.5 Å². The minimum atomic E-state index is -6.24. The fraction of sp³-hybridized carbons (Fsp3) is 1.00. The lowest BCUT2D eigenvalue weighted by molar-refractivity contribution is -0.374. The molecule has 2 rings (SSSR count). The second-order valence-corrected chi connectivity index (χ2v) is 19.8. The molecule has 0 aliphatic carbocycles. The van der Waals surface area contributed by atoms with E-state index >= 15 is 0 Å². The summed E-state index contributed by atoms with van der Waals surface area (Å²) in [5.41, 5.74) is 0. The highest BCUT2D eigenvalue weighted by Gasteiger charge is 2.65. The van der Waals surface area contributed by atoms with E-state index in [1.807, 2.05) is 0 Å². The third-order valence-electron chi connectivity index (χ3n) is 7.03. The molecule has 8 N–H and O–H groups in total. The molecule has 2 heterocycles. The van der Waals surface area contributed by atoms with Crippen molar-refractivity contribution in [3.63, 3.8) is 0 Å². The van der Waals surface area contributed by atoms with Gasteiger partial charge in [-0.05, 0) is 19.6 Å². The van der Waals surface area contributed by atoms with Gasteiger partial charge in [0, 0.05) is 0 Å². The third-order valence-corrected chi connectivity index (χ3v) is 10.6. The first-order valence-electron chi connectivity index (χ1n) is 15.4. The van der Waals surface area contributed by atoms with Gasteiger partial charge in [-0.15, -0.1) is 0 Å². The van der Waals surface area contributed by atoms with Crippen molar-refractivity contribution in [1.82, 2.24) is 4.90 Å². The zero-order chi connectivity index (χ0) is 48.7. The van der Waals surface area contributed by atoms with E-state index in [0.717, 1.165) is 0 Å². The van der Waals surface area contributed by atoms with Gasteiger partial charge in [-0.3, -0.25) is 36.4 Å². The first-order valence-corrected chi connectivity index (χ1v) is 26.3. The summed E-state index contributed by atoms with van der Waals surface area (Å²) in [7, 11) is -48.3. The van der Waals surface area contributed by atoms with Gasteiger partial charge in [-0.1, -0.05) is 20.8 Å². The molecule has 0 aromatic carbocycles. The maximum atomic E-state index is 11.9. The van der Waals surface area contributed by atoms with Crippen molar-refractivity contribution < 1.29 is 151 Å². The van der Waals surface area contributed by atoms with Gasteiger partial charge in [0.1, 0.15) is 37.1 Å². The zero-order valence-corrected chi connectivity index (χ0v) is 37.2. The molecule has 0 radical (unpaired) electrons. The molecule has 36 nitrogen and oxygen atoms in total. The van der Waals surface area contributed by atoms with Gasteiger partial charge < -0.3 is 19.1 Å². The van der Waals surface area contributed by atoms with Crippen LogP contribution in [-0.4, -0.2) is 203 Å². The summed E-state index contributed by atoms with van der Waals surface area (Å²) in [6, 6.07) is 0. The molecule has 2 aliphatic rings. The Labute approximate surface area is 353 Å². The van der Waals surface area contributed by atoms with E-state index in [0.29, 0.717) is 0 Å². The Balaban J connectivity index is 0.00000251. The molecule has 62 heavy (non-hydrogen) atoms. The Morgan fingerprint density at radius 1 is 0.452 bits per heavy atom. The van der Waals surface area contributed by atoms with E-state index < -0.39 is 158 Å². The topological polar surface area (TPSA) is 540 Å². The highest BCUT2D eigenvalue weighted by Crippen LogP contribution is 2.43. The standard InChI is InChI=1S/C12H22O35S8.C6H15N/c13-48(14,15)37-1-4-6(43-51(22,23)24)8(45-53(28,29)30)9(46-54(31,32)33)11(40-4)42-12(3-39-50(19,20)21)10(47-55(34,35)36)7(44-52(25,26)27)5(41-12)2-38-49(16,17)18;1-4-7(5-2)6-3/h4-11H,1-3H2,(H,13,14,15)(H,16,17,18)(H,19,20,21)(H,22,23,24)(H,25,26,27)(H,28,29,30)(H,31,32,33)(H,34,35,36);4-6H2,1-3H3/t4-,5-,6-,7-,8+,9-,10+,11-,12+;/m1./s1. The number of hydrogen-bond donors (Lipinski definition) is 8. The van der Waals surface area contributed by atoms with Crippen LogP contribution in [0.3, 0.4) is 0 Å². The lowest BCUT2D eigenvalue weighted by Gasteiger charge is -2.45. The van der Waals surface area contributed by atoms with E-state index in [9.17, 15) is 94.7 Å². The fourth-order valence-corrected chi connectivity index (χ4v) is 8.35. The summed E-state index contributed by atoms with van der Waals surface area (Å²) in [4.78, 5) is 2.38. The molecule has 0 saturated carbocycles. The Kier molecular flexibility index (Phi) is 20.9. The van der Waals surface area contributed by atoms with Gasteiger partial charge >= 0.3 is 83.2 Å². The molecule has 0 bridgehead atoms. The minimum absolute atomic E-state index is 1.19. The quantitative estimate of drug-likeness (QED) is 0.0418. The molecule has 0 aromatic heterocycles. The van der Waals surface area contributed by atoms with Crippen LogP contribution in [0.5, 0.6) is 0 Å². The van der Waals surface area contributed by atoms with E-state index in [1.54, 1.807) is 0 Å². The van der Waals surface area contributed by atoms with Gasteiger partial charge in [0.05, 0.1) is 13.2 Å². The summed E-state index contributed by atoms with van der Waals surface area (Å²) in [6.45, 7) is 3.88. The molecular weight excluding hydrogens is 1050 g/mol. The molecule has 9 atom stereocenters. The molecule has 44 heteroatoms.